The van der Waals surface area contributed by atoms with Crippen LogP contribution in [0.2, 0.25) is 0 Å². The summed E-state index contributed by atoms with van der Waals surface area (Å²) in [6.07, 6.45) is 0.886. The first-order valence-electron chi connectivity index (χ1n) is 8.59. The van der Waals surface area contributed by atoms with E-state index in [2.05, 4.69) is 20.9 Å². The van der Waals surface area contributed by atoms with E-state index in [1.807, 2.05) is 31.2 Å². The fraction of sp³-hybridized carbons (Fsp3) is 0.556. The lowest BCUT2D eigenvalue weighted by Crippen LogP contribution is -2.37. The fourth-order valence-electron chi connectivity index (χ4n) is 2.12. The van der Waals surface area contributed by atoms with Crippen molar-refractivity contribution in [2.45, 2.75) is 19.9 Å². The monoisotopic (exact) mass is 350 g/mol. The van der Waals surface area contributed by atoms with Crippen molar-refractivity contribution in [3.63, 3.8) is 0 Å². The third kappa shape index (κ3) is 9.07. The number of methoxy groups -OCH3 is 1. The average molecular weight is 350 g/mol. The summed E-state index contributed by atoms with van der Waals surface area (Å²) in [4.78, 5) is 16.1. The number of aliphatic imine (C=N–C) groups is 1. The van der Waals surface area contributed by atoms with Crippen LogP contribution in [0.5, 0.6) is 0 Å². The third-order valence-corrected chi connectivity index (χ3v) is 3.40. The highest BCUT2D eigenvalue weighted by atomic mass is 16.5. The highest BCUT2D eigenvalue weighted by Gasteiger charge is 2.05. The number of hydrogen-bond acceptors (Lipinski definition) is 4. The molecule has 0 aliphatic carbocycles. The van der Waals surface area contributed by atoms with Crippen LogP contribution in [0, 0.1) is 0 Å². The maximum absolute atomic E-state index is 11.9. The third-order valence-electron chi connectivity index (χ3n) is 3.40. The molecule has 7 heteroatoms. The van der Waals surface area contributed by atoms with Gasteiger partial charge in [-0.25, -0.2) is 0 Å². The van der Waals surface area contributed by atoms with Crippen molar-refractivity contribution in [2.24, 2.45) is 4.99 Å². The molecule has 25 heavy (non-hydrogen) atoms. The summed E-state index contributed by atoms with van der Waals surface area (Å²) in [6.45, 7) is 5.80. The number of benzene rings is 1. The van der Waals surface area contributed by atoms with E-state index in [1.165, 1.54) is 0 Å². The van der Waals surface area contributed by atoms with Crippen LogP contribution in [-0.2, 0) is 16.0 Å². The summed E-state index contributed by atoms with van der Waals surface area (Å²) >= 11 is 0. The standard InChI is InChI=1S/C18H30N4O3/c1-4-20-17(23)16-8-5-7-15(13-16)14-22-18(19-2)21-9-6-10-25-12-11-24-3/h5,7-8,13H,4,6,9-12,14H2,1-3H3,(H,20,23)(H2,19,21,22). The van der Waals surface area contributed by atoms with E-state index in [0.717, 1.165) is 24.5 Å². The Labute approximate surface area is 150 Å². The molecule has 0 saturated carbocycles. The fourth-order valence-corrected chi connectivity index (χ4v) is 2.12. The molecule has 0 heterocycles. The topological polar surface area (TPSA) is 84.0 Å². The Morgan fingerprint density at radius 3 is 2.72 bits per heavy atom. The van der Waals surface area contributed by atoms with Crippen molar-refractivity contribution >= 4 is 11.9 Å². The maximum Gasteiger partial charge on any atom is 0.251 e. The SMILES string of the molecule is CCNC(=O)c1cccc(CNC(=NC)NCCCOCCOC)c1. The molecule has 0 aromatic heterocycles. The van der Waals surface area contributed by atoms with Crippen molar-refractivity contribution in [3.05, 3.63) is 35.4 Å². The zero-order chi connectivity index (χ0) is 18.3. The average Bonchev–Trinajstić information content (AvgIpc) is 2.64. The molecule has 0 unspecified atom stereocenters. The van der Waals surface area contributed by atoms with Crippen LogP contribution in [0.4, 0.5) is 0 Å². The molecule has 0 aliphatic heterocycles. The van der Waals surface area contributed by atoms with Crippen LogP contribution in [-0.4, -0.2) is 58.9 Å². The van der Waals surface area contributed by atoms with Crippen molar-refractivity contribution < 1.29 is 14.3 Å². The number of amides is 1. The Morgan fingerprint density at radius 2 is 2.00 bits per heavy atom. The molecule has 140 valence electrons. The predicted octanol–water partition coefficient (Wildman–Crippen LogP) is 1.15. The summed E-state index contributed by atoms with van der Waals surface area (Å²) in [7, 11) is 3.39. The van der Waals surface area contributed by atoms with Gasteiger partial charge in [0.2, 0.25) is 0 Å². The molecule has 0 bridgehead atoms. The van der Waals surface area contributed by atoms with Gasteiger partial charge in [0.05, 0.1) is 13.2 Å². The number of nitrogens with zero attached hydrogens (tertiary/aromatic N) is 1. The van der Waals surface area contributed by atoms with Crippen molar-refractivity contribution in [3.8, 4) is 0 Å². The van der Waals surface area contributed by atoms with Gasteiger partial charge in [0, 0.05) is 46.0 Å². The summed E-state index contributed by atoms with van der Waals surface area (Å²) < 4.78 is 10.3. The van der Waals surface area contributed by atoms with Gasteiger partial charge in [-0.2, -0.15) is 0 Å². The van der Waals surface area contributed by atoms with Gasteiger partial charge in [0.25, 0.3) is 5.91 Å². The number of hydrogen-bond donors (Lipinski definition) is 3. The quantitative estimate of drug-likeness (QED) is 0.317. The lowest BCUT2D eigenvalue weighted by molar-refractivity contribution is 0.0698. The van der Waals surface area contributed by atoms with Crippen LogP contribution < -0.4 is 16.0 Å². The first-order valence-corrected chi connectivity index (χ1v) is 8.59. The Bertz CT molecular complexity index is 535. The predicted molar refractivity (Wildman–Crippen MR) is 100.0 cm³/mol. The first-order chi connectivity index (χ1) is 12.2. The van der Waals surface area contributed by atoms with E-state index in [-0.39, 0.29) is 5.91 Å². The van der Waals surface area contributed by atoms with Gasteiger partial charge in [0.15, 0.2) is 5.96 Å². The van der Waals surface area contributed by atoms with Gasteiger partial charge in [-0.1, -0.05) is 12.1 Å². The molecule has 0 spiro atoms. The Morgan fingerprint density at radius 1 is 1.16 bits per heavy atom. The lowest BCUT2D eigenvalue weighted by Gasteiger charge is -2.12. The molecular weight excluding hydrogens is 320 g/mol. The largest absolute Gasteiger partial charge is 0.382 e. The number of carbonyl (C=O) groups excluding carboxylic acids is 1. The van der Waals surface area contributed by atoms with Gasteiger partial charge in [-0.15, -0.1) is 0 Å². The minimum absolute atomic E-state index is 0.0552. The number of guanidine groups is 1. The van der Waals surface area contributed by atoms with Crippen LogP contribution in [0.15, 0.2) is 29.3 Å². The number of nitrogens with one attached hydrogen (secondary N) is 3. The van der Waals surface area contributed by atoms with Gasteiger partial charge < -0.3 is 25.4 Å². The number of ether oxygens (including phenoxy) is 2. The molecule has 1 aromatic rings. The molecule has 0 saturated heterocycles. The van der Waals surface area contributed by atoms with E-state index in [0.29, 0.717) is 38.5 Å². The summed E-state index contributed by atoms with van der Waals surface area (Å²) in [5.41, 5.74) is 1.69. The van der Waals surface area contributed by atoms with E-state index >= 15 is 0 Å². The highest BCUT2D eigenvalue weighted by Crippen LogP contribution is 2.05. The summed E-state index contributed by atoms with van der Waals surface area (Å²) in [5, 5.41) is 9.28. The van der Waals surface area contributed by atoms with Crippen LogP contribution in [0.1, 0.15) is 29.3 Å². The van der Waals surface area contributed by atoms with Crippen LogP contribution in [0.3, 0.4) is 0 Å². The maximum atomic E-state index is 11.9. The molecule has 7 nitrogen and oxygen atoms in total. The molecule has 1 amide bonds. The van der Waals surface area contributed by atoms with Crippen molar-refractivity contribution in [2.75, 3.05) is 47.1 Å². The highest BCUT2D eigenvalue weighted by molar-refractivity contribution is 5.94. The Balaban J connectivity index is 2.32. The second kappa shape index (κ2) is 13.2. The zero-order valence-electron chi connectivity index (χ0n) is 15.4. The molecule has 1 aromatic carbocycles. The minimum Gasteiger partial charge on any atom is -0.382 e. The molecule has 3 N–H and O–H groups in total. The van der Waals surface area contributed by atoms with E-state index in [9.17, 15) is 4.79 Å². The summed E-state index contributed by atoms with van der Waals surface area (Å²) in [6, 6.07) is 7.56. The van der Waals surface area contributed by atoms with E-state index < -0.39 is 0 Å². The van der Waals surface area contributed by atoms with E-state index in [4.69, 9.17) is 9.47 Å². The van der Waals surface area contributed by atoms with Crippen LogP contribution in [0.25, 0.3) is 0 Å². The number of rotatable bonds is 11. The second-order valence-electron chi connectivity index (χ2n) is 5.37. The van der Waals surface area contributed by atoms with E-state index in [1.54, 1.807) is 14.2 Å². The first kappa shape index (κ1) is 20.9. The molecule has 1 rings (SSSR count). The number of carbonyl (C=O) groups is 1. The Kier molecular flexibility index (Phi) is 11.0. The Hall–Kier alpha value is -2.12. The van der Waals surface area contributed by atoms with Crippen molar-refractivity contribution in [1.82, 2.24) is 16.0 Å². The van der Waals surface area contributed by atoms with Gasteiger partial charge in [-0.3, -0.25) is 9.79 Å². The summed E-state index contributed by atoms with van der Waals surface area (Å²) in [5.74, 6) is 0.667. The van der Waals surface area contributed by atoms with Gasteiger partial charge in [0.1, 0.15) is 0 Å². The molecular formula is C18H30N4O3. The molecule has 0 fully saturated rings. The van der Waals surface area contributed by atoms with Crippen LogP contribution >= 0.6 is 0 Å². The van der Waals surface area contributed by atoms with Gasteiger partial charge in [-0.05, 0) is 31.0 Å². The van der Waals surface area contributed by atoms with Crippen molar-refractivity contribution in [1.29, 1.82) is 0 Å². The zero-order valence-corrected chi connectivity index (χ0v) is 15.4. The molecule has 0 aliphatic rings. The molecule has 0 atom stereocenters. The minimum atomic E-state index is -0.0552. The van der Waals surface area contributed by atoms with Gasteiger partial charge >= 0.3 is 0 Å². The molecule has 0 radical (unpaired) electrons. The smallest absolute Gasteiger partial charge is 0.251 e. The normalized spacial score (nSPS) is 11.2. The lowest BCUT2D eigenvalue weighted by atomic mass is 10.1. The second-order valence-corrected chi connectivity index (χ2v) is 5.37.